The fourth-order valence-corrected chi connectivity index (χ4v) is 1.18. The first-order valence-corrected chi connectivity index (χ1v) is 4.02. The van der Waals surface area contributed by atoms with Crippen LogP contribution in [0.5, 0.6) is 5.75 Å². The van der Waals surface area contributed by atoms with Gasteiger partial charge in [-0.25, -0.2) is 0 Å². The summed E-state index contributed by atoms with van der Waals surface area (Å²) in [6.45, 7) is 0.318. The Labute approximate surface area is 81.1 Å². The second-order valence-electron chi connectivity index (χ2n) is 2.44. The highest BCUT2D eigenvalue weighted by atomic mass is 35.5. The van der Waals surface area contributed by atoms with Gasteiger partial charge in [0.15, 0.2) is 0 Å². The predicted octanol–water partition coefficient (Wildman–Crippen LogP) is 0.147. The Bertz CT molecular complexity index is 295. The van der Waals surface area contributed by atoms with Crippen LogP contribution in [0.1, 0.15) is 5.56 Å². The van der Waals surface area contributed by atoms with Gasteiger partial charge >= 0.3 is 7.32 Å². The molecule has 0 heterocycles. The first-order valence-electron chi connectivity index (χ1n) is 3.64. The molecular formula is C7H9BClNO3. The van der Waals surface area contributed by atoms with Crippen LogP contribution in [0.3, 0.4) is 0 Å². The second kappa shape index (κ2) is 4.48. The van der Waals surface area contributed by atoms with Crippen molar-refractivity contribution in [1.82, 2.24) is 0 Å². The molecule has 0 atom stereocenters. The average molecular weight is 201 g/mol. The standard InChI is InChI=1S/C7H9BClNO3/c9-6-1-5(4-10)2-7(3-6)13-8(11)12/h1-3,11-12H,4,10H2. The zero-order valence-corrected chi connectivity index (χ0v) is 7.53. The third-order valence-corrected chi connectivity index (χ3v) is 1.63. The van der Waals surface area contributed by atoms with Crippen LogP contribution in [-0.2, 0) is 6.54 Å². The molecule has 4 nitrogen and oxygen atoms in total. The monoisotopic (exact) mass is 201 g/mol. The molecule has 1 rings (SSSR count). The summed E-state index contributed by atoms with van der Waals surface area (Å²) in [5.74, 6) is 0.281. The summed E-state index contributed by atoms with van der Waals surface area (Å²) in [4.78, 5) is 0. The van der Waals surface area contributed by atoms with E-state index in [0.717, 1.165) is 5.56 Å². The van der Waals surface area contributed by atoms with Gasteiger partial charge in [0.05, 0.1) is 0 Å². The van der Waals surface area contributed by atoms with Gasteiger partial charge in [0.2, 0.25) is 0 Å². The maximum Gasteiger partial charge on any atom is 0.707 e. The van der Waals surface area contributed by atoms with Gasteiger partial charge in [-0.1, -0.05) is 11.6 Å². The molecule has 1 aromatic rings. The highest BCUT2D eigenvalue weighted by Gasteiger charge is 2.11. The molecular weight excluding hydrogens is 192 g/mol. The molecule has 0 fully saturated rings. The highest BCUT2D eigenvalue weighted by molar-refractivity contribution is 6.34. The van der Waals surface area contributed by atoms with E-state index in [0.29, 0.717) is 11.6 Å². The fourth-order valence-electron chi connectivity index (χ4n) is 0.928. The number of rotatable bonds is 3. The van der Waals surface area contributed by atoms with Crippen LogP contribution >= 0.6 is 11.6 Å². The lowest BCUT2D eigenvalue weighted by atomic mass is 10.2. The zero-order chi connectivity index (χ0) is 9.84. The zero-order valence-electron chi connectivity index (χ0n) is 6.77. The van der Waals surface area contributed by atoms with Crippen molar-refractivity contribution in [2.45, 2.75) is 6.54 Å². The van der Waals surface area contributed by atoms with Crippen LogP contribution in [0, 0.1) is 0 Å². The van der Waals surface area contributed by atoms with E-state index < -0.39 is 7.32 Å². The van der Waals surface area contributed by atoms with E-state index in [2.05, 4.69) is 4.65 Å². The molecule has 0 bridgehead atoms. The third-order valence-electron chi connectivity index (χ3n) is 1.41. The summed E-state index contributed by atoms with van der Waals surface area (Å²) >= 11 is 5.71. The van der Waals surface area contributed by atoms with Crippen LogP contribution < -0.4 is 10.4 Å². The van der Waals surface area contributed by atoms with Gasteiger partial charge in [-0.3, -0.25) is 0 Å². The second-order valence-corrected chi connectivity index (χ2v) is 2.88. The minimum absolute atomic E-state index is 0.281. The summed E-state index contributed by atoms with van der Waals surface area (Å²) in [5, 5.41) is 17.5. The Hall–Kier alpha value is -0.745. The van der Waals surface area contributed by atoms with Crippen LogP contribution in [0.15, 0.2) is 18.2 Å². The van der Waals surface area contributed by atoms with Crippen molar-refractivity contribution >= 4 is 18.9 Å². The lowest BCUT2D eigenvalue weighted by Gasteiger charge is -2.06. The molecule has 0 spiro atoms. The van der Waals surface area contributed by atoms with Crippen LogP contribution in [0.4, 0.5) is 0 Å². The lowest BCUT2D eigenvalue weighted by Crippen LogP contribution is -2.20. The van der Waals surface area contributed by atoms with E-state index in [4.69, 9.17) is 27.4 Å². The van der Waals surface area contributed by atoms with E-state index >= 15 is 0 Å². The summed E-state index contributed by atoms with van der Waals surface area (Å²) in [6.07, 6.45) is 0. The fraction of sp³-hybridized carbons (Fsp3) is 0.143. The van der Waals surface area contributed by atoms with Crippen molar-refractivity contribution in [3.63, 3.8) is 0 Å². The molecule has 4 N–H and O–H groups in total. The molecule has 0 amide bonds. The van der Waals surface area contributed by atoms with Crippen molar-refractivity contribution in [2.75, 3.05) is 0 Å². The van der Waals surface area contributed by atoms with Gasteiger partial charge in [-0.15, -0.1) is 0 Å². The number of nitrogens with two attached hydrogens (primary N) is 1. The number of benzene rings is 1. The summed E-state index contributed by atoms with van der Waals surface area (Å²) in [5.41, 5.74) is 6.15. The SMILES string of the molecule is NCc1cc(Cl)cc(OB(O)O)c1. The van der Waals surface area contributed by atoms with Crippen LogP contribution in [0.2, 0.25) is 5.02 Å². The van der Waals surface area contributed by atoms with Crippen molar-refractivity contribution in [3.05, 3.63) is 28.8 Å². The number of halogens is 1. The molecule has 1 aromatic carbocycles. The molecule has 0 unspecified atom stereocenters. The van der Waals surface area contributed by atoms with Gasteiger partial charge in [0, 0.05) is 11.6 Å². The van der Waals surface area contributed by atoms with Gasteiger partial charge in [0.1, 0.15) is 5.75 Å². The quantitative estimate of drug-likeness (QED) is 0.609. The van der Waals surface area contributed by atoms with E-state index in [1.165, 1.54) is 6.07 Å². The maximum absolute atomic E-state index is 8.52. The summed E-state index contributed by atoms with van der Waals surface area (Å²) in [6, 6.07) is 4.74. The largest absolute Gasteiger partial charge is 0.707 e. The van der Waals surface area contributed by atoms with E-state index in [1.54, 1.807) is 12.1 Å². The van der Waals surface area contributed by atoms with Crippen molar-refractivity contribution in [3.8, 4) is 5.75 Å². The third kappa shape index (κ3) is 3.24. The summed E-state index contributed by atoms with van der Waals surface area (Å²) < 4.78 is 4.61. The molecule has 0 aliphatic carbocycles. The van der Waals surface area contributed by atoms with Crippen molar-refractivity contribution in [1.29, 1.82) is 0 Å². The molecule has 0 saturated carbocycles. The predicted molar refractivity (Wildman–Crippen MR) is 50.2 cm³/mol. The Morgan fingerprint density at radius 3 is 2.62 bits per heavy atom. The normalized spacial score (nSPS) is 9.85. The number of hydrogen-bond donors (Lipinski definition) is 3. The lowest BCUT2D eigenvalue weighted by molar-refractivity contribution is 0.288. The Balaban J connectivity index is 2.88. The molecule has 0 radical (unpaired) electrons. The molecule has 6 heteroatoms. The molecule has 0 saturated heterocycles. The number of hydrogen-bond acceptors (Lipinski definition) is 4. The molecule has 0 aliphatic heterocycles. The van der Waals surface area contributed by atoms with E-state index in [1.807, 2.05) is 0 Å². The van der Waals surface area contributed by atoms with Gasteiger partial charge in [0.25, 0.3) is 0 Å². The van der Waals surface area contributed by atoms with Gasteiger partial charge < -0.3 is 20.4 Å². The highest BCUT2D eigenvalue weighted by Crippen LogP contribution is 2.20. The molecule has 13 heavy (non-hydrogen) atoms. The minimum Gasteiger partial charge on any atom is -0.512 e. The minimum atomic E-state index is -1.84. The Morgan fingerprint density at radius 2 is 2.08 bits per heavy atom. The Morgan fingerprint density at radius 1 is 1.38 bits per heavy atom. The topological polar surface area (TPSA) is 75.7 Å². The Kier molecular flexibility index (Phi) is 3.56. The first-order chi connectivity index (χ1) is 6.11. The van der Waals surface area contributed by atoms with Crippen LogP contribution in [-0.4, -0.2) is 17.4 Å². The first kappa shape index (κ1) is 10.3. The average Bonchev–Trinajstić information content (AvgIpc) is 2.01. The van der Waals surface area contributed by atoms with Crippen molar-refractivity contribution in [2.24, 2.45) is 5.73 Å². The van der Waals surface area contributed by atoms with Gasteiger partial charge in [-0.05, 0) is 23.8 Å². The van der Waals surface area contributed by atoms with E-state index in [9.17, 15) is 0 Å². The molecule has 0 aromatic heterocycles. The molecule has 70 valence electrons. The molecule has 0 aliphatic rings. The summed E-state index contributed by atoms with van der Waals surface area (Å²) in [7, 11) is -1.84. The maximum atomic E-state index is 8.52. The van der Waals surface area contributed by atoms with Crippen molar-refractivity contribution < 1.29 is 14.7 Å². The smallest absolute Gasteiger partial charge is 0.512 e. The van der Waals surface area contributed by atoms with E-state index in [-0.39, 0.29) is 5.75 Å². The van der Waals surface area contributed by atoms with Gasteiger partial charge in [-0.2, -0.15) is 0 Å². The van der Waals surface area contributed by atoms with Crippen LogP contribution in [0.25, 0.3) is 0 Å².